The van der Waals surface area contributed by atoms with Crippen LogP contribution in [0.2, 0.25) is 0 Å². The van der Waals surface area contributed by atoms with Gasteiger partial charge in [-0.2, -0.15) is 0 Å². The number of nitrogens with one attached hydrogen (secondary N) is 1. The molecular weight excluding hydrogens is 520 g/mol. The topological polar surface area (TPSA) is 84.9 Å². The molecule has 1 N–H and O–H groups in total. The summed E-state index contributed by atoms with van der Waals surface area (Å²) in [6.07, 6.45) is 0. The number of amides is 1. The van der Waals surface area contributed by atoms with Gasteiger partial charge in [-0.3, -0.25) is 9.10 Å². The SMILES string of the molecule is COc1ccc(S(=O)(=O)N(CC(=O)Nc2ccc(Br)c(C)c2)c2cc(C)cc(C)c2)cc1OC. The molecule has 0 saturated carbocycles. The minimum atomic E-state index is -4.12. The Morgan fingerprint density at radius 1 is 0.912 bits per heavy atom. The first-order valence-corrected chi connectivity index (χ1v) is 12.7. The minimum Gasteiger partial charge on any atom is -0.493 e. The summed E-state index contributed by atoms with van der Waals surface area (Å²) >= 11 is 3.43. The number of sulfonamides is 1. The molecule has 0 bridgehead atoms. The summed E-state index contributed by atoms with van der Waals surface area (Å²) in [7, 11) is -1.21. The molecule has 0 unspecified atom stereocenters. The molecule has 180 valence electrons. The van der Waals surface area contributed by atoms with Gasteiger partial charge >= 0.3 is 0 Å². The number of ether oxygens (including phenoxy) is 2. The Morgan fingerprint density at radius 2 is 1.56 bits per heavy atom. The number of carbonyl (C=O) groups is 1. The van der Waals surface area contributed by atoms with Crippen molar-refractivity contribution in [3.63, 3.8) is 0 Å². The molecule has 9 heteroatoms. The lowest BCUT2D eigenvalue weighted by atomic mass is 10.1. The molecule has 0 saturated heterocycles. The molecule has 0 aliphatic carbocycles. The van der Waals surface area contributed by atoms with Gasteiger partial charge in [0.15, 0.2) is 11.5 Å². The number of methoxy groups -OCH3 is 2. The molecule has 0 radical (unpaired) electrons. The quantitative estimate of drug-likeness (QED) is 0.418. The lowest BCUT2D eigenvalue weighted by Crippen LogP contribution is -2.38. The van der Waals surface area contributed by atoms with Crippen molar-refractivity contribution in [1.29, 1.82) is 0 Å². The zero-order chi connectivity index (χ0) is 25.0. The maximum absolute atomic E-state index is 13.8. The second kappa shape index (κ2) is 10.5. The number of carbonyl (C=O) groups excluding carboxylic acids is 1. The second-order valence-electron chi connectivity index (χ2n) is 7.89. The van der Waals surface area contributed by atoms with Crippen molar-refractivity contribution >= 4 is 43.2 Å². The van der Waals surface area contributed by atoms with E-state index in [2.05, 4.69) is 21.2 Å². The van der Waals surface area contributed by atoms with Gasteiger partial charge in [0.05, 0.1) is 24.8 Å². The molecule has 0 heterocycles. The third-order valence-corrected chi connectivity index (χ3v) is 7.83. The molecule has 0 spiro atoms. The Bertz CT molecular complexity index is 1300. The van der Waals surface area contributed by atoms with E-state index in [0.29, 0.717) is 17.1 Å². The number of halogens is 1. The van der Waals surface area contributed by atoms with E-state index in [1.807, 2.05) is 39.0 Å². The van der Waals surface area contributed by atoms with Crippen molar-refractivity contribution in [3.05, 3.63) is 75.8 Å². The van der Waals surface area contributed by atoms with Crippen LogP contribution in [0.3, 0.4) is 0 Å². The molecule has 3 rings (SSSR count). The number of nitrogens with zero attached hydrogens (tertiary/aromatic N) is 1. The molecule has 0 atom stereocenters. The molecule has 3 aromatic carbocycles. The summed E-state index contributed by atoms with van der Waals surface area (Å²) in [5.41, 5.74) is 3.68. The molecular formula is C25H27BrN2O5S. The Morgan fingerprint density at radius 3 is 2.15 bits per heavy atom. The average molecular weight is 547 g/mol. The van der Waals surface area contributed by atoms with E-state index in [-0.39, 0.29) is 10.6 Å². The second-order valence-corrected chi connectivity index (χ2v) is 10.6. The van der Waals surface area contributed by atoms with Gasteiger partial charge < -0.3 is 14.8 Å². The number of benzene rings is 3. The monoisotopic (exact) mass is 546 g/mol. The third-order valence-electron chi connectivity index (χ3n) is 5.17. The van der Waals surface area contributed by atoms with Crippen LogP contribution in [-0.2, 0) is 14.8 Å². The van der Waals surface area contributed by atoms with Gasteiger partial charge in [0, 0.05) is 16.2 Å². The predicted molar refractivity (Wildman–Crippen MR) is 138 cm³/mol. The largest absolute Gasteiger partial charge is 0.493 e. The average Bonchev–Trinajstić information content (AvgIpc) is 2.78. The van der Waals surface area contributed by atoms with Crippen LogP contribution in [0.1, 0.15) is 16.7 Å². The van der Waals surface area contributed by atoms with Crippen molar-refractivity contribution in [1.82, 2.24) is 0 Å². The van der Waals surface area contributed by atoms with Crippen molar-refractivity contribution in [3.8, 4) is 11.5 Å². The molecule has 0 aromatic heterocycles. The molecule has 34 heavy (non-hydrogen) atoms. The minimum absolute atomic E-state index is 0.0170. The van der Waals surface area contributed by atoms with Crippen LogP contribution in [0.5, 0.6) is 11.5 Å². The van der Waals surface area contributed by atoms with Gasteiger partial charge in [0.2, 0.25) is 5.91 Å². The Labute approximate surface area is 208 Å². The Balaban J connectivity index is 2.03. The van der Waals surface area contributed by atoms with Crippen LogP contribution in [0.25, 0.3) is 0 Å². The van der Waals surface area contributed by atoms with Gasteiger partial charge in [-0.25, -0.2) is 8.42 Å². The van der Waals surface area contributed by atoms with Crippen LogP contribution in [0, 0.1) is 20.8 Å². The molecule has 0 aliphatic rings. The summed E-state index contributed by atoms with van der Waals surface area (Å²) < 4.78 is 40.0. The maximum atomic E-state index is 13.8. The summed E-state index contributed by atoms with van der Waals surface area (Å²) in [6.45, 7) is 5.25. The van der Waals surface area contributed by atoms with Crippen molar-refractivity contribution in [2.75, 3.05) is 30.4 Å². The molecule has 1 amide bonds. The number of anilines is 2. The molecule has 0 aliphatic heterocycles. The highest BCUT2D eigenvalue weighted by molar-refractivity contribution is 9.10. The third kappa shape index (κ3) is 5.71. The Kier molecular flexibility index (Phi) is 7.89. The van der Waals surface area contributed by atoms with E-state index in [4.69, 9.17) is 9.47 Å². The summed E-state index contributed by atoms with van der Waals surface area (Å²) in [6, 6.07) is 15.1. The fourth-order valence-electron chi connectivity index (χ4n) is 3.57. The van der Waals surface area contributed by atoms with Gasteiger partial charge in [-0.05, 0) is 79.9 Å². The van der Waals surface area contributed by atoms with Crippen LogP contribution in [0.15, 0.2) is 64.0 Å². The summed E-state index contributed by atoms with van der Waals surface area (Å²) in [4.78, 5) is 13.0. The normalized spacial score (nSPS) is 11.1. The van der Waals surface area contributed by atoms with Gasteiger partial charge in [0.1, 0.15) is 6.54 Å². The highest BCUT2D eigenvalue weighted by Crippen LogP contribution is 2.33. The smallest absolute Gasteiger partial charge is 0.264 e. The van der Waals surface area contributed by atoms with Crippen LogP contribution < -0.4 is 19.1 Å². The zero-order valence-corrected chi connectivity index (χ0v) is 22.1. The Hall–Kier alpha value is -3.04. The summed E-state index contributed by atoms with van der Waals surface area (Å²) in [5.74, 6) is 0.214. The zero-order valence-electron chi connectivity index (χ0n) is 19.7. The van der Waals surface area contributed by atoms with Gasteiger partial charge in [-0.1, -0.05) is 22.0 Å². The predicted octanol–water partition coefficient (Wildman–Crippen LogP) is 5.23. The van der Waals surface area contributed by atoms with E-state index >= 15 is 0 Å². The van der Waals surface area contributed by atoms with Crippen molar-refractivity contribution in [2.45, 2.75) is 25.7 Å². The lowest BCUT2D eigenvalue weighted by molar-refractivity contribution is -0.114. The first-order chi connectivity index (χ1) is 16.0. The van der Waals surface area contributed by atoms with E-state index in [1.165, 1.54) is 32.4 Å². The number of hydrogen-bond donors (Lipinski definition) is 1. The van der Waals surface area contributed by atoms with Crippen LogP contribution in [0.4, 0.5) is 11.4 Å². The van der Waals surface area contributed by atoms with Crippen LogP contribution in [-0.4, -0.2) is 35.1 Å². The number of hydrogen-bond acceptors (Lipinski definition) is 5. The van der Waals surface area contributed by atoms with Crippen LogP contribution >= 0.6 is 15.9 Å². The van der Waals surface area contributed by atoms with E-state index in [9.17, 15) is 13.2 Å². The van der Waals surface area contributed by atoms with Crippen molar-refractivity contribution < 1.29 is 22.7 Å². The first-order valence-electron chi connectivity index (χ1n) is 10.4. The lowest BCUT2D eigenvalue weighted by Gasteiger charge is -2.25. The van der Waals surface area contributed by atoms with E-state index in [1.54, 1.807) is 18.2 Å². The fraction of sp³-hybridized carbons (Fsp3) is 0.240. The molecule has 0 fully saturated rings. The standard InChI is InChI=1S/C25H27BrN2O5S/c1-16-10-17(2)12-20(11-16)28(15-25(29)27-19-6-8-22(26)18(3)13-19)34(30,31)21-7-9-23(32-4)24(14-21)33-5/h6-14H,15H2,1-5H3,(H,27,29). The van der Waals surface area contributed by atoms with E-state index in [0.717, 1.165) is 25.5 Å². The van der Waals surface area contributed by atoms with Gasteiger partial charge in [-0.15, -0.1) is 0 Å². The first kappa shape index (κ1) is 25.6. The number of rotatable bonds is 8. The summed E-state index contributed by atoms with van der Waals surface area (Å²) in [5, 5.41) is 2.79. The molecule has 7 nitrogen and oxygen atoms in total. The maximum Gasteiger partial charge on any atom is 0.264 e. The highest BCUT2D eigenvalue weighted by atomic mass is 79.9. The fourth-order valence-corrected chi connectivity index (χ4v) is 5.23. The van der Waals surface area contributed by atoms with E-state index < -0.39 is 22.5 Å². The van der Waals surface area contributed by atoms with Crippen molar-refractivity contribution in [2.24, 2.45) is 0 Å². The highest BCUT2D eigenvalue weighted by Gasteiger charge is 2.29. The molecule has 3 aromatic rings. The number of aryl methyl sites for hydroxylation is 3. The van der Waals surface area contributed by atoms with Gasteiger partial charge in [0.25, 0.3) is 10.0 Å².